The number of aliphatic hydroxyl groups is 1. The van der Waals surface area contributed by atoms with E-state index in [0.29, 0.717) is 16.7 Å². The minimum absolute atomic E-state index is 0.105. The van der Waals surface area contributed by atoms with Gasteiger partial charge in [0.25, 0.3) is 0 Å². The topological polar surface area (TPSA) is 107 Å². The Labute approximate surface area is 152 Å². The summed E-state index contributed by atoms with van der Waals surface area (Å²) in [5, 5.41) is 39.0. The van der Waals surface area contributed by atoms with Crippen molar-refractivity contribution in [2.45, 2.75) is 39.5 Å². The largest absolute Gasteiger partial charge is 0.507 e. The molecular formula is C20H24O6. The SMILES string of the molecule is Cc1cc(Cc2cc(C(=O)O)c(O)c(C(C)(C)C)c2)c(O)c(OCO)c1. The lowest BCUT2D eigenvalue weighted by molar-refractivity contribution is 0.0693. The number of aryl methyl sites for hydroxylation is 1. The molecule has 2 aromatic carbocycles. The van der Waals surface area contributed by atoms with Gasteiger partial charge in [-0.05, 0) is 35.6 Å². The summed E-state index contributed by atoms with van der Waals surface area (Å²) < 4.78 is 5.03. The lowest BCUT2D eigenvalue weighted by Gasteiger charge is -2.23. The van der Waals surface area contributed by atoms with Gasteiger partial charge in [0.1, 0.15) is 11.3 Å². The zero-order valence-electron chi connectivity index (χ0n) is 15.3. The number of carbonyl (C=O) groups is 1. The van der Waals surface area contributed by atoms with Crippen LogP contribution in [0, 0.1) is 6.92 Å². The first-order valence-corrected chi connectivity index (χ1v) is 8.20. The van der Waals surface area contributed by atoms with Gasteiger partial charge in [-0.15, -0.1) is 0 Å². The molecule has 0 heterocycles. The van der Waals surface area contributed by atoms with Crippen LogP contribution in [0.5, 0.6) is 17.2 Å². The fourth-order valence-corrected chi connectivity index (χ4v) is 2.88. The van der Waals surface area contributed by atoms with Crippen molar-refractivity contribution in [3.63, 3.8) is 0 Å². The van der Waals surface area contributed by atoms with Gasteiger partial charge in [-0.2, -0.15) is 0 Å². The fraction of sp³-hybridized carbons (Fsp3) is 0.350. The molecule has 0 radical (unpaired) electrons. The average molecular weight is 360 g/mol. The molecule has 140 valence electrons. The Hall–Kier alpha value is -2.73. The third-order valence-corrected chi connectivity index (χ3v) is 4.12. The van der Waals surface area contributed by atoms with Crippen molar-refractivity contribution in [2.24, 2.45) is 0 Å². The van der Waals surface area contributed by atoms with E-state index in [9.17, 15) is 20.1 Å². The number of phenolic OH excluding ortho intramolecular Hbond substituents is 1. The van der Waals surface area contributed by atoms with E-state index in [-0.39, 0.29) is 29.2 Å². The lowest BCUT2D eigenvalue weighted by atomic mass is 9.83. The molecule has 0 aliphatic rings. The highest BCUT2D eigenvalue weighted by molar-refractivity contribution is 5.91. The van der Waals surface area contributed by atoms with Crippen molar-refractivity contribution in [2.75, 3.05) is 6.79 Å². The monoisotopic (exact) mass is 360 g/mol. The maximum atomic E-state index is 11.5. The van der Waals surface area contributed by atoms with Crippen molar-refractivity contribution in [3.05, 3.63) is 52.1 Å². The van der Waals surface area contributed by atoms with Gasteiger partial charge in [0.05, 0.1) is 0 Å². The van der Waals surface area contributed by atoms with E-state index in [2.05, 4.69) is 0 Å². The minimum atomic E-state index is -1.22. The molecule has 2 rings (SSSR count). The van der Waals surface area contributed by atoms with E-state index in [4.69, 9.17) is 9.84 Å². The summed E-state index contributed by atoms with van der Waals surface area (Å²) in [6, 6.07) is 6.52. The highest BCUT2D eigenvalue weighted by Gasteiger charge is 2.24. The Morgan fingerprint density at radius 3 is 2.27 bits per heavy atom. The van der Waals surface area contributed by atoms with Crippen molar-refractivity contribution < 1.29 is 30.0 Å². The molecule has 6 nitrogen and oxygen atoms in total. The molecule has 0 aromatic heterocycles. The van der Waals surface area contributed by atoms with Crippen LogP contribution in [-0.4, -0.2) is 33.2 Å². The number of phenols is 2. The molecule has 4 N–H and O–H groups in total. The van der Waals surface area contributed by atoms with Crippen LogP contribution >= 0.6 is 0 Å². The third-order valence-electron chi connectivity index (χ3n) is 4.12. The zero-order chi connectivity index (χ0) is 19.6. The summed E-state index contributed by atoms with van der Waals surface area (Å²) in [4.78, 5) is 11.5. The predicted molar refractivity (Wildman–Crippen MR) is 97.1 cm³/mol. The van der Waals surface area contributed by atoms with Crippen LogP contribution in [0.1, 0.15) is 53.4 Å². The Morgan fingerprint density at radius 1 is 1.08 bits per heavy atom. The van der Waals surface area contributed by atoms with E-state index in [1.54, 1.807) is 18.2 Å². The van der Waals surface area contributed by atoms with Crippen molar-refractivity contribution in [3.8, 4) is 17.2 Å². The number of aromatic hydroxyl groups is 2. The first kappa shape index (κ1) is 19.6. The number of benzene rings is 2. The van der Waals surface area contributed by atoms with Crippen molar-refractivity contribution in [1.29, 1.82) is 0 Å². The summed E-state index contributed by atoms with van der Waals surface area (Å²) >= 11 is 0. The second-order valence-electron chi connectivity index (χ2n) is 7.32. The van der Waals surface area contributed by atoms with Crippen LogP contribution < -0.4 is 4.74 Å². The zero-order valence-corrected chi connectivity index (χ0v) is 15.3. The van der Waals surface area contributed by atoms with Gasteiger partial charge in [0.15, 0.2) is 18.3 Å². The number of aromatic carboxylic acids is 1. The molecule has 0 amide bonds. The number of hydrogen-bond acceptors (Lipinski definition) is 5. The van der Waals surface area contributed by atoms with Crippen LogP contribution in [-0.2, 0) is 11.8 Å². The van der Waals surface area contributed by atoms with Crippen LogP contribution in [0.25, 0.3) is 0 Å². The molecule has 0 bridgehead atoms. The number of ether oxygens (including phenoxy) is 1. The summed E-state index contributed by atoms with van der Waals surface area (Å²) in [6.07, 6.45) is 0.249. The minimum Gasteiger partial charge on any atom is -0.507 e. The van der Waals surface area contributed by atoms with Gasteiger partial charge in [0.2, 0.25) is 0 Å². The number of carboxylic acid groups (broad SMARTS) is 1. The molecule has 0 saturated heterocycles. The van der Waals surface area contributed by atoms with E-state index in [1.165, 1.54) is 6.07 Å². The van der Waals surface area contributed by atoms with Crippen molar-refractivity contribution >= 4 is 5.97 Å². The maximum Gasteiger partial charge on any atom is 0.339 e. The summed E-state index contributed by atoms with van der Waals surface area (Å²) in [5.74, 6) is -1.40. The molecule has 0 aliphatic heterocycles. The molecule has 0 spiro atoms. The molecule has 6 heteroatoms. The van der Waals surface area contributed by atoms with E-state index in [1.807, 2.05) is 27.7 Å². The van der Waals surface area contributed by atoms with Gasteiger partial charge in [-0.25, -0.2) is 4.79 Å². The van der Waals surface area contributed by atoms with Crippen LogP contribution in [0.4, 0.5) is 0 Å². The maximum absolute atomic E-state index is 11.5. The Morgan fingerprint density at radius 2 is 1.73 bits per heavy atom. The molecule has 26 heavy (non-hydrogen) atoms. The molecule has 0 unspecified atom stereocenters. The number of hydrogen-bond donors (Lipinski definition) is 4. The van der Waals surface area contributed by atoms with E-state index in [0.717, 1.165) is 5.56 Å². The molecule has 2 aromatic rings. The number of aliphatic hydroxyl groups excluding tert-OH is 1. The van der Waals surface area contributed by atoms with Gasteiger partial charge in [0, 0.05) is 17.5 Å². The van der Waals surface area contributed by atoms with Gasteiger partial charge >= 0.3 is 5.97 Å². The van der Waals surface area contributed by atoms with Crippen LogP contribution in [0.15, 0.2) is 24.3 Å². The van der Waals surface area contributed by atoms with Crippen molar-refractivity contribution in [1.82, 2.24) is 0 Å². The predicted octanol–water partition coefficient (Wildman–Crippen LogP) is 3.32. The second kappa shape index (κ2) is 7.25. The summed E-state index contributed by atoms with van der Waals surface area (Å²) in [7, 11) is 0. The van der Waals surface area contributed by atoms with E-state index < -0.39 is 18.2 Å². The molecule has 0 saturated carbocycles. The highest BCUT2D eigenvalue weighted by Crippen LogP contribution is 2.37. The van der Waals surface area contributed by atoms with Gasteiger partial charge in [-0.1, -0.05) is 32.9 Å². The first-order chi connectivity index (χ1) is 12.0. The highest BCUT2D eigenvalue weighted by atomic mass is 16.6. The summed E-state index contributed by atoms with van der Waals surface area (Å²) in [6.45, 7) is 6.92. The quantitative estimate of drug-likeness (QED) is 0.609. The van der Waals surface area contributed by atoms with Gasteiger partial charge in [-0.3, -0.25) is 0 Å². The Balaban J connectivity index is 2.57. The first-order valence-electron chi connectivity index (χ1n) is 8.20. The smallest absolute Gasteiger partial charge is 0.339 e. The Bertz CT molecular complexity index is 833. The number of carboxylic acids is 1. The van der Waals surface area contributed by atoms with Gasteiger partial charge < -0.3 is 25.2 Å². The average Bonchev–Trinajstić information content (AvgIpc) is 2.52. The summed E-state index contributed by atoms with van der Waals surface area (Å²) in [5.41, 5.74) is 1.90. The molecular weight excluding hydrogens is 336 g/mol. The Kier molecular flexibility index (Phi) is 5.47. The standard InChI is InChI=1S/C20H24O6/c1-11-5-13(17(22)16(6-11)26-10-21)7-12-8-14(19(24)25)18(23)15(9-12)20(2,3)4/h5-6,8-9,21-23H,7,10H2,1-4H3,(H,24,25). The molecule has 0 atom stereocenters. The van der Waals surface area contributed by atoms with Crippen LogP contribution in [0.2, 0.25) is 0 Å². The number of rotatable bonds is 5. The molecule has 0 aliphatic carbocycles. The molecule has 0 fully saturated rings. The van der Waals surface area contributed by atoms with E-state index >= 15 is 0 Å². The van der Waals surface area contributed by atoms with Crippen LogP contribution in [0.3, 0.4) is 0 Å². The second-order valence-corrected chi connectivity index (χ2v) is 7.32. The normalized spacial score (nSPS) is 11.4. The third kappa shape index (κ3) is 4.08. The lowest BCUT2D eigenvalue weighted by Crippen LogP contribution is -2.14. The fourth-order valence-electron chi connectivity index (χ4n) is 2.88.